The van der Waals surface area contributed by atoms with Crippen LogP contribution in [0.25, 0.3) is 0 Å². The van der Waals surface area contributed by atoms with Gasteiger partial charge in [0.1, 0.15) is 13.2 Å². The van der Waals surface area contributed by atoms with E-state index in [1.54, 1.807) is 0 Å². The minimum atomic E-state index is -0.805. The van der Waals surface area contributed by atoms with Crippen molar-refractivity contribution in [2.45, 2.75) is 284 Å². The summed E-state index contributed by atoms with van der Waals surface area (Å²) in [7, 11) is 0. The van der Waals surface area contributed by atoms with E-state index in [1.807, 2.05) is 0 Å². The zero-order valence-corrected chi connectivity index (χ0v) is 51.1. The van der Waals surface area contributed by atoms with Crippen molar-refractivity contribution in [3.05, 3.63) is 146 Å². The highest BCUT2D eigenvalue weighted by molar-refractivity contribution is 5.71. The quantitative estimate of drug-likeness (QED) is 0.0261. The van der Waals surface area contributed by atoms with E-state index in [-0.39, 0.29) is 31.1 Å². The van der Waals surface area contributed by atoms with Crippen LogP contribution < -0.4 is 0 Å². The van der Waals surface area contributed by atoms with E-state index < -0.39 is 6.10 Å². The Morgan fingerprint density at radius 3 is 0.772 bits per heavy atom. The summed E-state index contributed by atoms with van der Waals surface area (Å²) in [5, 5.41) is 0. The van der Waals surface area contributed by atoms with Gasteiger partial charge in [-0.1, -0.05) is 263 Å². The number of esters is 3. The van der Waals surface area contributed by atoms with Crippen LogP contribution in [-0.2, 0) is 28.6 Å². The molecule has 0 saturated carbocycles. The van der Waals surface area contributed by atoms with E-state index in [0.29, 0.717) is 19.3 Å². The highest BCUT2D eigenvalue weighted by Gasteiger charge is 2.19. The number of carbonyl (C=O) groups is 3. The molecule has 446 valence electrons. The summed E-state index contributed by atoms with van der Waals surface area (Å²) in [6.07, 6.45) is 94.1. The van der Waals surface area contributed by atoms with Gasteiger partial charge >= 0.3 is 17.9 Å². The SMILES string of the molecule is CC/C=C\C/C=C\C/C=C\C/C=C\C/C=C\CCCCCCCCCC(=O)OCC(COC(=O)CCCCCCCC/C=C\C/C=C\C/C=C\CCCCC)OC(=O)CCCCCCCC/C=C\C/C=C\C/C=C\C/C=C\CC. The molecule has 0 aliphatic heterocycles. The molecule has 0 saturated heterocycles. The Bertz CT molecular complexity index is 1730. The largest absolute Gasteiger partial charge is 0.462 e. The second-order valence-corrected chi connectivity index (χ2v) is 20.9. The van der Waals surface area contributed by atoms with Gasteiger partial charge in [0.15, 0.2) is 6.10 Å². The molecule has 0 aromatic heterocycles. The van der Waals surface area contributed by atoms with Gasteiger partial charge in [-0.25, -0.2) is 0 Å². The fourth-order valence-electron chi connectivity index (χ4n) is 8.53. The fraction of sp³-hybridized carbons (Fsp3) is 0.630. The second kappa shape index (κ2) is 65.8. The standard InChI is InChI=1S/C73H118O6/c1-4-7-10-13-16-19-22-25-28-31-34-35-36-37-40-42-45-48-51-54-57-60-63-66-72(75)78-69-70(79-73(76)67-64-61-58-55-52-49-46-43-39-33-30-27-24-21-18-15-12-9-6-3)68-77-71(74)65-62-59-56-53-50-47-44-41-38-32-29-26-23-20-17-14-11-8-5-2/h7,9-10,12,16-21,25-30,34-35,37-41,43,70H,4-6,8,11,13-15,22-24,31-33,36,42,44-69H2,1-3H3/b10-7-,12-9-,19-16-,20-17-,21-18-,28-25-,29-26-,30-27-,35-34-,40-37-,41-38-,43-39-. The van der Waals surface area contributed by atoms with E-state index in [9.17, 15) is 14.4 Å². The zero-order valence-electron chi connectivity index (χ0n) is 51.1. The van der Waals surface area contributed by atoms with Crippen LogP contribution in [0.1, 0.15) is 278 Å². The van der Waals surface area contributed by atoms with E-state index in [2.05, 4.69) is 167 Å². The number of rotatable bonds is 57. The Morgan fingerprint density at radius 2 is 0.494 bits per heavy atom. The van der Waals surface area contributed by atoms with Gasteiger partial charge in [0.2, 0.25) is 0 Å². The van der Waals surface area contributed by atoms with E-state index in [0.717, 1.165) is 161 Å². The lowest BCUT2D eigenvalue weighted by Crippen LogP contribution is -2.30. The molecule has 0 rings (SSSR count). The van der Waals surface area contributed by atoms with Crippen molar-refractivity contribution in [2.75, 3.05) is 13.2 Å². The van der Waals surface area contributed by atoms with Crippen molar-refractivity contribution in [3.63, 3.8) is 0 Å². The minimum absolute atomic E-state index is 0.0994. The molecule has 0 aromatic rings. The van der Waals surface area contributed by atoms with Gasteiger partial charge in [-0.3, -0.25) is 14.4 Å². The van der Waals surface area contributed by atoms with Gasteiger partial charge in [-0.15, -0.1) is 0 Å². The molecule has 0 bridgehead atoms. The van der Waals surface area contributed by atoms with Gasteiger partial charge in [-0.05, 0) is 141 Å². The maximum Gasteiger partial charge on any atom is 0.306 e. The predicted octanol–water partition coefficient (Wildman–Crippen LogP) is 22.3. The van der Waals surface area contributed by atoms with E-state index in [4.69, 9.17) is 14.2 Å². The van der Waals surface area contributed by atoms with Crippen LogP contribution in [0.5, 0.6) is 0 Å². The third-order valence-electron chi connectivity index (χ3n) is 13.3. The average molecular weight is 1090 g/mol. The lowest BCUT2D eigenvalue weighted by Gasteiger charge is -2.18. The first-order chi connectivity index (χ1) is 39.0. The lowest BCUT2D eigenvalue weighted by molar-refractivity contribution is -0.167. The van der Waals surface area contributed by atoms with Gasteiger partial charge in [-0.2, -0.15) is 0 Å². The first-order valence-corrected chi connectivity index (χ1v) is 32.3. The smallest absolute Gasteiger partial charge is 0.306 e. The molecule has 1 atom stereocenters. The monoisotopic (exact) mass is 1090 g/mol. The first kappa shape index (κ1) is 74.3. The fourth-order valence-corrected chi connectivity index (χ4v) is 8.53. The van der Waals surface area contributed by atoms with Gasteiger partial charge in [0.25, 0.3) is 0 Å². The third-order valence-corrected chi connectivity index (χ3v) is 13.3. The number of allylic oxidation sites excluding steroid dienone is 24. The Labute approximate surface area is 487 Å². The van der Waals surface area contributed by atoms with Crippen LogP contribution in [0.2, 0.25) is 0 Å². The molecule has 0 aliphatic carbocycles. The molecule has 0 radical (unpaired) electrons. The van der Waals surface area contributed by atoms with E-state index in [1.165, 1.54) is 77.0 Å². The normalized spacial score (nSPS) is 13.1. The minimum Gasteiger partial charge on any atom is -0.462 e. The molecule has 0 heterocycles. The van der Waals surface area contributed by atoms with Gasteiger partial charge in [0.05, 0.1) is 0 Å². The molecule has 1 unspecified atom stereocenters. The Morgan fingerprint density at radius 1 is 0.266 bits per heavy atom. The third kappa shape index (κ3) is 64.0. The van der Waals surface area contributed by atoms with Crippen molar-refractivity contribution in [2.24, 2.45) is 0 Å². The van der Waals surface area contributed by atoms with Crippen molar-refractivity contribution in [1.29, 1.82) is 0 Å². The molecule has 0 fully saturated rings. The van der Waals surface area contributed by atoms with Crippen molar-refractivity contribution >= 4 is 17.9 Å². The Balaban J connectivity index is 4.48. The van der Waals surface area contributed by atoms with Crippen molar-refractivity contribution in [3.8, 4) is 0 Å². The van der Waals surface area contributed by atoms with Crippen LogP contribution >= 0.6 is 0 Å². The summed E-state index contributed by atoms with van der Waals surface area (Å²) in [6.45, 7) is 6.36. The van der Waals surface area contributed by atoms with Crippen molar-refractivity contribution in [1.82, 2.24) is 0 Å². The summed E-state index contributed by atoms with van der Waals surface area (Å²) >= 11 is 0. The zero-order chi connectivity index (χ0) is 57.1. The van der Waals surface area contributed by atoms with Crippen LogP contribution in [-0.4, -0.2) is 37.2 Å². The molecule has 0 spiro atoms. The summed E-state index contributed by atoms with van der Waals surface area (Å²) in [5.41, 5.74) is 0. The number of ether oxygens (including phenoxy) is 3. The van der Waals surface area contributed by atoms with Crippen LogP contribution in [0.15, 0.2) is 146 Å². The second-order valence-electron chi connectivity index (χ2n) is 20.9. The van der Waals surface area contributed by atoms with Gasteiger partial charge < -0.3 is 14.2 Å². The molecule has 6 nitrogen and oxygen atoms in total. The molecular weight excluding hydrogens is 973 g/mol. The summed E-state index contributed by atoms with van der Waals surface area (Å²) in [5.74, 6) is -0.935. The van der Waals surface area contributed by atoms with Gasteiger partial charge in [0, 0.05) is 19.3 Å². The molecule has 0 aliphatic rings. The molecule has 79 heavy (non-hydrogen) atoms. The average Bonchev–Trinajstić information content (AvgIpc) is 3.45. The number of unbranched alkanes of at least 4 members (excludes halogenated alkanes) is 22. The lowest BCUT2D eigenvalue weighted by atomic mass is 10.1. The number of carbonyl (C=O) groups excluding carboxylic acids is 3. The maximum atomic E-state index is 12.9. The molecule has 0 aromatic carbocycles. The van der Waals surface area contributed by atoms with Crippen molar-refractivity contribution < 1.29 is 28.6 Å². The van der Waals surface area contributed by atoms with Crippen LogP contribution in [0, 0.1) is 0 Å². The highest BCUT2D eigenvalue weighted by atomic mass is 16.6. The first-order valence-electron chi connectivity index (χ1n) is 32.3. The number of hydrogen-bond donors (Lipinski definition) is 0. The molecule has 0 N–H and O–H groups in total. The predicted molar refractivity (Wildman–Crippen MR) is 343 cm³/mol. The maximum absolute atomic E-state index is 12.9. The molecule has 6 heteroatoms. The Kier molecular flexibility index (Phi) is 61.9. The molecule has 0 amide bonds. The summed E-state index contributed by atoms with van der Waals surface area (Å²) in [4.78, 5) is 38.4. The van der Waals surface area contributed by atoms with Crippen LogP contribution in [0.3, 0.4) is 0 Å². The highest BCUT2D eigenvalue weighted by Crippen LogP contribution is 2.15. The van der Waals surface area contributed by atoms with E-state index >= 15 is 0 Å². The molecular formula is C73H118O6. The summed E-state index contributed by atoms with van der Waals surface area (Å²) < 4.78 is 16.9. The Hall–Kier alpha value is -4.71. The summed E-state index contributed by atoms with van der Waals surface area (Å²) in [6, 6.07) is 0. The van der Waals surface area contributed by atoms with Crippen LogP contribution in [0.4, 0.5) is 0 Å². The topological polar surface area (TPSA) is 78.9 Å². The number of hydrogen-bond acceptors (Lipinski definition) is 6.